The number of hydrogen-bond donors (Lipinski definition) is 4. The zero-order valence-corrected chi connectivity index (χ0v) is 17.0. The molecule has 0 aromatic heterocycles. The van der Waals surface area contributed by atoms with E-state index < -0.39 is 10.4 Å². The van der Waals surface area contributed by atoms with Gasteiger partial charge in [-0.2, -0.15) is 8.42 Å². The van der Waals surface area contributed by atoms with Crippen molar-refractivity contribution in [3.63, 3.8) is 0 Å². The van der Waals surface area contributed by atoms with Crippen molar-refractivity contribution in [2.75, 3.05) is 13.2 Å². The van der Waals surface area contributed by atoms with Crippen LogP contribution in [0.1, 0.15) is 71.1 Å². The van der Waals surface area contributed by atoms with Gasteiger partial charge in [0.25, 0.3) is 0 Å². The Labute approximate surface area is 153 Å². The smallest absolute Gasteiger partial charge is 0.394 e. The Morgan fingerprint density at radius 1 is 0.727 bits per heavy atom. The summed E-state index contributed by atoms with van der Waals surface area (Å²) in [4.78, 5) is 0. The van der Waals surface area contributed by atoms with Crippen LogP contribution in [-0.4, -0.2) is 68.9 Å². The second kappa shape index (κ2) is 24.0. The van der Waals surface area contributed by atoms with Gasteiger partial charge in [-0.05, 0) is 0 Å². The number of aliphatic hydroxyl groups is 2. The molecular weight excluding hydrogens is 319 g/mol. The zero-order chi connectivity index (χ0) is 17.7. The molecule has 0 amide bonds. The van der Waals surface area contributed by atoms with Gasteiger partial charge in [0.1, 0.15) is 0 Å². The molecule has 0 aromatic carbocycles. The SMILES string of the molecule is CCCCCCCCCCC[CH2][Na].O=S(=O)(O)O.OCCO. The van der Waals surface area contributed by atoms with Crippen molar-refractivity contribution < 1.29 is 27.7 Å². The zero-order valence-electron chi connectivity index (χ0n) is 14.2. The van der Waals surface area contributed by atoms with Gasteiger partial charge in [-0.25, -0.2) is 0 Å². The standard InChI is InChI=1S/C12H25.C2H6O2.Na.H2O4S/c1-3-5-7-9-11-12-10-8-6-4-2;3-1-2-4;;1-5(2,3)4/h1,3-12H2,2H3;3-4H,1-2H2;;(H2,1,2,3,4). The van der Waals surface area contributed by atoms with E-state index in [0.29, 0.717) is 0 Å². The van der Waals surface area contributed by atoms with Crippen LogP contribution >= 0.6 is 0 Å². The van der Waals surface area contributed by atoms with Gasteiger partial charge in [0.2, 0.25) is 0 Å². The van der Waals surface area contributed by atoms with E-state index in [1.807, 2.05) is 0 Å². The molecule has 0 atom stereocenters. The normalized spacial score (nSPS) is 10.3. The van der Waals surface area contributed by atoms with Crippen molar-refractivity contribution in [2.24, 2.45) is 0 Å². The van der Waals surface area contributed by atoms with E-state index in [9.17, 15) is 0 Å². The Bertz CT molecular complexity index is 253. The Kier molecular flexibility index (Phi) is 30.2. The summed E-state index contributed by atoms with van der Waals surface area (Å²) in [5.41, 5.74) is 0. The maximum atomic E-state index is 8.74. The van der Waals surface area contributed by atoms with Gasteiger partial charge in [-0.3, -0.25) is 9.11 Å². The van der Waals surface area contributed by atoms with Gasteiger partial charge in [-0.15, -0.1) is 0 Å². The third-order valence-corrected chi connectivity index (χ3v) is 3.51. The number of rotatable bonds is 11. The first-order chi connectivity index (χ1) is 10.3. The Hall–Kier alpha value is 0.790. The summed E-state index contributed by atoms with van der Waals surface area (Å²) < 4.78 is 33.1. The van der Waals surface area contributed by atoms with Crippen molar-refractivity contribution in [2.45, 2.75) is 74.8 Å². The van der Waals surface area contributed by atoms with E-state index in [4.69, 9.17) is 27.7 Å². The second-order valence-electron chi connectivity index (χ2n) is 5.08. The van der Waals surface area contributed by atoms with Gasteiger partial charge < -0.3 is 10.2 Å². The average Bonchev–Trinajstić information content (AvgIpc) is 2.44. The molecule has 0 radical (unpaired) electrons. The van der Waals surface area contributed by atoms with Gasteiger partial charge in [0.05, 0.1) is 13.2 Å². The molecule has 0 rings (SSSR count). The van der Waals surface area contributed by atoms with Crippen LogP contribution in [-0.2, 0) is 10.4 Å². The summed E-state index contributed by atoms with van der Waals surface area (Å²) in [5.74, 6) is 0. The summed E-state index contributed by atoms with van der Waals surface area (Å²) in [7, 11) is -4.67. The van der Waals surface area contributed by atoms with Gasteiger partial charge in [-0.1, -0.05) is 0 Å². The Morgan fingerprint density at radius 2 is 1.00 bits per heavy atom. The fraction of sp³-hybridized carbons (Fsp3) is 1.00. The molecule has 0 saturated carbocycles. The Balaban J connectivity index is -0.000000330. The summed E-state index contributed by atoms with van der Waals surface area (Å²) in [6.45, 7) is 2.04. The van der Waals surface area contributed by atoms with Crippen LogP contribution in [0.2, 0.25) is 3.67 Å². The fourth-order valence-corrected chi connectivity index (χ4v) is 2.24. The van der Waals surface area contributed by atoms with E-state index >= 15 is 0 Å². The van der Waals surface area contributed by atoms with Gasteiger partial charge in [0, 0.05) is 0 Å². The topological polar surface area (TPSA) is 115 Å². The third kappa shape index (κ3) is 58.6. The van der Waals surface area contributed by atoms with Crippen molar-refractivity contribution in [1.82, 2.24) is 0 Å². The molecule has 0 aromatic rings. The molecule has 0 aliphatic carbocycles. The van der Waals surface area contributed by atoms with Crippen LogP contribution in [0.5, 0.6) is 0 Å². The van der Waals surface area contributed by atoms with Gasteiger partial charge in [0.15, 0.2) is 0 Å². The molecule has 0 saturated heterocycles. The second-order valence-corrected chi connectivity index (χ2v) is 6.97. The summed E-state index contributed by atoms with van der Waals surface area (Å²) in [6, 6.07) is 0. The van der Waals surface area contributed by atoms with E-state index in [-0.39, 0.29) is 13.2 Å². The average molecular weight is 352 g/mol. The molecule has 0 fully saturated rings. The number of hydrogen-bond acceptors (Lipinski definition) is 4. The fourth-order valence-electron chi connectivity index (χ4n) is 1.74. The molecule has 0 spiro atoms. The van der Waals surface area contributed by atoms with E-state index in [1.54, 1.807) is 0 Å². The minimum absolute atomic E-state index is 0.125. The molecule has 0 heterocycles. The van der Waals surface area contributed by atoms with Crippen LogP contribution in [0.15, 0.2) is 0 Å². The third-order valence-electron chi connectivity index (χ3n) is 2.81. The minimum atomic E-state index is -4.67. The largest absolute Gasteiger partial charge is 0.394 e. The predicted octanol–water partition coefficient (Wildman–Crippen LogP) is 2.81. The van der Waals surface area contributed by atoms with E-state index in [2.05, 4.69) is 6.92 Å². The maximum Gasteiger partial charge on any atom is 0.394 e. The van der Waals surface area contributed by atoms with Crippen LogP contribution in [0.25, 0.3) is 0 Å². The van der Waals surface area contributed by atoms with Crippen molar-refractivity contribution in [3.05, 3.63) is 0 Å². The van der Waals surface area contributed by atoms with Crippen molar-refractivity contribution in [3.8, 4) is 0 Å². The van der Waals surface area contributed by atoms with Crippen LogP contribution in [0.3, 0.4) is 0 Å². The molecule has 4 N–H and O–H groups in total. The quantitative estimate of drug-likeness (QED) is 0.258. The first-order valence-electron chi connectivity index (χ1n) is 8.25. The molecule has 6 nitrogen and oxygen atoms in total. The summed E-state index contributed by atoms with van der Waals surface area (Å²) in [5, 5.41) is 15.2. The number of aliphatic hydroxyl groups excluding tert-OH is 2. The summed E-state index contributed by atoms with van der Waals surface area (Å²) >= 11 is 1.41. The molecule has 0 aliphatic rings. The van der Waals surface area contributed by atoms with Crippen LogP contribution in [0, 0.1) is 0 Å². The maximum absolute atomic E-state index is 8.74. The first kappa shape index (κ1) is 27.6. The monoisotopic (exact) mass is 352 g/mol. The molecule has 22 heavy (non-hydrogen) atoms. The Morgan fingerprint density at radius 3 is 1.23 bits per heavy atom. The summed E-state index contributed by atoms with van der Waals surface area (Å²) in [6.07, 6.45) is 14.7. The minimum Gasteiger partial charge on any atom is -0.394 e. The molecule has 132 valence electrons. The van der Waals surface area contributed by atoms with Crippen LogP contribution in [0.4, 0.5) is 0 Å². The predicted molar refractivity (Wildman–Crippen MR) is 90.8 cm³/mol. The number of unbranched alkanes of at least 4 members (excludes halogenated alkanes) is 9. The van der Waals surface area contributed by atoms with Crippen molar-refractivity contribution in [1.29, 1.82) is 0 Å². The first-order valence-corrected chi connectivity index (χ1v) is 11.1. The molecule has 0 unspecified atom stereocenters. The molecule has 0 aliphatic heterocycles. The molecule has 8 heteroatoms. The van der Waals surface area contributed by atoms with Crippen LogP contribution < -0.4 is 0 Å². The van der Waals surface area contributed by atoms with E-state index in [0.717, 1.165) is 0 Å². The van der Waals surface area contributed by atoms with Gasteiger partial charge >= 0.3 is 113 Å². The molecular formula is C14H33NaO6S. The van der Waals surface area contributed by atoms with Crippen molar-refractivity contribution >= 4 is 38.3 Å². The van der Waals surface area contributed by atoms with E-state index in [1.165, 1.54) is 95.8 Å². The molecule has 0 bridgehead atoms.